The first-order valence-corrected chi connectivity index (χ1v) is 6.83. The summed E-state index contributed by atoms with van der Waals surface area (Å²) < 4.78 is 0. The van der Waals surface area contributed by atoms with Crippen molar-refractivity contribution in [2.45, 2.75) is 6.42 Å². The van der Waals surface area contributed by atoms with Crippen LogP contribution in [0.25, 0.3) is 16.5 Å². The Morgan fingerprint density at radius 3 is 2.27 bits per heavy atom. The van der Waals surface area contributed by atoms with Crippen LogP contribution in [0, 0.1) is 0 Å². The molecule has 0 radical (unpaired) electrons. The Morgan fingerprint density at radius 2 is 1.45 bits per heavy atom. The number of H-pyrrole nitrogens is 1. The number of hydrogen-bond acceptors (Lipinski definition) is 4. The number of aromatic nitrogens is 1. The number of aromatic hydroxyl groups is 4. The second kappa shape index (κ2) is 4.21. The van der Waals surface area contributed by atoms with Crippen molar-refractivity contribution in [2.75, 3.05) is 0 Å². The number of hydrogen-bond donors (Lipinski definition) is 5. The summed E-state index contributed by atoms with van der Waals surface area (Å²) in [5, 5.41) is 39.4. The lowest BCUT2D eigenvalue weighted by Crippen LogP contribution is -1.87. The zero-order valence-corrected chi connectivity index (χ0v) is 11.5. The first-order valence-electron chi connectivity index (χ1n) is 6.83. The molecular weight excluding hydrogens is 282 g/mol. The van der Waals surface area contributed by atoms with Gasteiger partial charge in [-0.15, -0.1) is 0 Å². The molecule has 0 bridgehead atoms. The summed E-state index contributed by atoms with van der Waals surface area (Å²) in [6.07, 6.45) is 4.47. The standard InChI is InChI=1S/C17H13NO4/c19-14-3-8-1-2-9(10(8)4-15(14)20)12-7-18-13-6-17(22)16(21)5-11(12)13/h2-7,18-22H,1H2. The topological polar surface area (TPSA) is 96.7 Å². The van der Waals surface area contributed by atoms with E-state index in [2.05, 4.69) is 4.98 Å². The van der Waals surface area contributed by atoms with Gasteiger partial charge in [0.15, 0.2) is 23.0 Å². The van der Waals surface area contributed by atoms with Gasteiger partial charge in [0.1, 0.15) is 0 Å². The molecular formula is C17H13NO4. The maximum Gasteiger partial charge on any atom is 0.159 e. The zero-order valence-electron chi connectivity index (χ0n) is 11.5. The van der Waals surface area contributed by atoms with Gasteiger partial charge in [-0.3, -0.25) is 0 Å². The van der Waals surface area contributed by atoms with Gasteiger partial charge in [-0.2, -0.15) is 0 Å². The van der Waals surface area contributed by atoms with Crippen LogP contribution in [0.2, 0.25) is 0 Å². The predicted octanol–water partition coefficient (Wildman–Crippen LogP) is 2.98. The molecule has 0 spiro atoms. The van der Waals surface area contributed by atoms with E-state index in [1.54, 1.807) is 18.3 Å². The highest BCUT2D eigenvalue weighted by Gasteiger charge is 2.21. The monoisotopic (exact) mass is 295 g/mol. The van der Waals surface area contributed by atoms with E-state index in [1.165, 1.54) is 12.1 Å². The highest BCUT2D eigenvalue weighted by Crippen LogP contribution is 2.42. The molecule has 0 unspecified atom stereocenters. The van der Waals surface area contributed by atoms with Gasteiger partial charge in [0.2, 0.25) is 0 Å². The van der Waals surface area contributed by atoms with Crippen molar-refractivity contribution in [1.82, 2.24) is 4.98 Å². The van der Waals surface area contributed by atoms with Gasteiger partial charge in [-0.05, 0) is 41.3 Å². The third kappa shape index (κ3) is 1.65. The summed E-state index contributed by atoms with van der Waals surface area (Å²) in [4.78, 5) is 3.07. The van der Waals surface area contributed by atoms with Crippen molar-refractivity contribution in [3.63, 3.8) is 0 Å². The number of allylic oxidation sites excluding steroid dienone is 1. The lowest BCUT2D eigenvalue weighted by molar-refractivity contribution is 0.403. The Morgan fingerprint density at radius 1 is 0.773 bits per heavy atom. The smallest absolute Gasteiger partial charge is 0.159 e. The molecule has 0 aliphatic heterocycles. The molecule has 0 saturated heterocycles. The van der Waals surface area contributed by atoms with Crippen LogP contribution in [-0.2, 0) is 6.42 Å². The minimum atomic E-state index is -0.180. The summed E-state index contributed by atoms with van der Waals surface area (Å²) in [6, 6.07) is 6.09. The summed E-state index contributed by atoms with van der Waals surface area (Å²) in [5.41, 5.74) is 4.28. The SMILES string of the molecule is Oc1cc2c(cc1O)C(c1c[nH]c3cc(O)c(O)cc13)=CC2. The van der Waals surface area contributed by atoms with E-state index in [9.17, 15) is 20.4 Å². The largest absolute Gasteiger partial charge is 0.504 e. The number of phenolic OH excluding ortho intramolecular Hbond substituents is 4. The molecule has 5 heteroatoms. The molecule has 0 amide bonds. The van der Waals surface area contributed by atoms with Crippen molar-refractivity contribution in [2.24, 2.45) is 0 Å². The maximum absolute atomic E-state index is 9.73. The van der Waals surface area contributed by atoms with Gasteiger partial charge in [-0.25, -0.2) is 0 Å². The molecule has 0 saturated carbocycles. The molecule has 1 aliphatic rings. The van der Waals surface area contributed by atoms with Crippen molar-refractivity contribution in [3.05, 3.63) is 53.2 Å². The van der Waals surface area contributed by atoms with Crippen LogP contribution in [0.5, 0.6) is 23.0 Å². The molecule has 2 aromatic carbocycles. The number of aromatic amines is 1. The van der Waals surface area contributed by atoms with Crippen LogP contribution in [0.15, 0.2) is 36.5 Å². The average molecular weight is 295 g/mol. The van der Waals surface area contributed by atoms with Gasteiger partial charge < -0.3 is 25.4 Å². The molecule has 22 heavy (non-hydrogen) atoms. The van der Waals surface area contributed by atoms with Gasteiger partial charge in [0.05, 0.1) is 0 Å². The Labute approximate surface area is 125 Å². The minimum Gasteiger partial charge on any atom is -0.504 e. The van der Waals surface area contributed by atoms with E-state index in [0.29, 0.717) is 11.9 Å². The molecule has 1 aliphatic carbocycles. The number of nitrogens with one attached hydrogen (secondary N) is 1. The molecule has 1 aromatic heterocycles. The highest BCUT2D eigenvalue weighted by molar-refractivity contribution is 6.00. The van der Waals surface area contributed by atoms with Gasteiger partial charge in [0, 0.05) is 28.7 Å². The highest BCUT2D eigenvalue weighted by atomic mass is 16.3. The van der Waals surface area contributed by atoms with Crippen LogP contribution in [0.4, 0.5) is 0 Å². The Balaban J connectivity index is 1.92. The van der Waals surface area contributed by atoms with Gasteiger partial charge in [0.25, 0.3) is 0 Å². The molecule has 110 valence electrons. The second-order valence-corrected chi connectivity index (χ2v) is 5.41. The predicted molar refractivity (Wildman–Crippen MR) is 82.2 cm³/mol. The van der Waals surface area contributed by atoms with Crippen LogP contribution in [-0.4, -0.2) is 25.4 Å². The number of rotatable bonds is 1. The Bertz CT molecular complexity index is 953. The third-order valence-corrected chi connectivity index (χ3v) is 4.08. The molecule has 0 atom stereocenters. The normalized spacial score (nSPS) is 13.4. The molecule has 0 fully saturated rings. The van der Waals surface area contributed by atoms with E-state index in [1.807, 2.05) is 6.08 Å². The van der Waals surface area contributed by atoms with Gasteiger partial charge in [-0.1, -0.05) is 6.08 Å². The molecule has 1 heterocycles. The van der Waals surface area contributed by atoms with E-state index in [4.69, 9.17) is 0 Å². The quantitative estimate of drug-likeness (QED) is 0.446. The number of phenols is 4. The fourth-order valence-corrected chi connectivity index (χ4v) is 2.99. The fraction of sp³-hybridized carbons (Fsp3) is 0.0588. The van der Waals surface area contributed by atoms with Crippen molar-refractivity contribution in [3.8, 4) is 23.0 Å². The minimum absolute atomic E-state index is 0.130. The third-order valence-electron chi connectivity index (χ3n) is 4.08. The molecule has 4 rings (SSSR count). The Hall–Kier alpha value is -3.08. The Kier molecular flexibility index (Phi) is 2.42. The average Bonchev–Trinajstić information content (AvgIpc) is 3.04. The van der Waals surface area contributed by atoms with E-state index in [-0.39, 0.29) is 23.0 Å². The summed E-state index contributed by atoms with van der Waals surface area (Å²) >= 11 is 0. The molecule has 3 aromatic rings. The number of benzene rings is 2. The van der Waals surface area contributed by atoms with Crippen LogP contribution in [0.3, 0.4) is 0 Å². The fourth-order valence-electron chi connectivity index (χ4n) is 2.99. The van der Waals surface area contributed by atoms with Crippen LogP contribution in [0.1, 0.15) is 16.7 Å². The number of fused-ring (bicyclic) bond motifs is 2. The van der Waals surface area contributed by atoms with E-state index >= 15 is 0 Å². The first kappa shape index (κ1) is 12.6. The van der Waals surface area contributed by atoms with E-state index in [0.717, 1.165) is 27.6 Å². The van der Waals surface area contributed by atoms with Crippen molar-refractivity contribution >= 4 is 16.5 Å². The van der Waals surface area contributed by atoms with Crippen molar-refractivity contribution in [1.29, 1.82) is 0 Å². The lowest BCUT2D eigenvalue weighted by Gasteiger charge is -2.08. The second-order valence-electron chi connectivity index (χ2n) is 5.41. The van der Waals surface area contributed by atoms with Crippen LogP contribution >= 0.6 is 0 Å². The summed E-state index contributed by atoms with van der Waals surface area (Å²) in [7, 11) is 0. The summed E-state index contributed by atoms with van der Waals surface area (Å²) in [5.74, 6) is -0.647. The summed E-state index contributed by atoms with van der Waals surface area (Å²) in [6.45, 7) is 0. The van der Waals surface area contributed by atoms with Crippen LogP contribution < -0.4 is 0 Å². The lowest BCUT2D eigenvalue weighted by atomic mass is 9.98. The zero-order chi connectivity index (χ0) is 15.4. The van der Waals surface area contributed by atoms with E-state index < -0.39 is 0 Å². The molecule has 5 nitrogen and oxygen atoms in total. The molecule has 5 N–H and O–H groups in total. The van der Waals surface area contributed by atoms with Crippen molar-refractivity contribution < 1.29 is 20.4 Å². The van der Waals surface area contributed by atoms with Gasteiger partial charge >= 0.3 is 0 Å². The first-order chi connectivity index (χ1) is 10.5. The maximum atomic E-state index is 9.73.